The Morgan fingerprint density at radius 1 is 1.09 bits per heavy atom. The lowest BCUT2D eigenvalue weighted by molar-refractivity contribution is -0.117. The van der Waals surface area contributed by atoms with Crippen molar-refractivity contribution in [3.8, 4) is 5.75 Å². The van der Waals surface area contributed by atoms with E-state index in [1.165, 1.54) is 48.0 Å². The third-order valence-corrected chi connectivity index (χ3v) is 6.86. The van der Waals surface area contributed by atoms with Crippen LogP contribution in [0.1, 0.15) is 19.1 Å². The van der Waals surface area contributed by atoms with Crippen LogP contribution in [0.15, 0.2) is 82.3 Å². The molecule has 0 aliphatic carbocycles. The summed E-state index contributed by atoms with van der Waals surface area (Å²) in [6, 6.07) is 16.5. The van der Waals surface area contributed by atoms with Crippen molar-refractivity contribution in [3.05, 3.63) is 78.8 Å². The Morgan fingerprint density at radius 2 is 1.86 bits per heavy atom. The highest BCUT2D eigenvalue weighted by Gasteiger charge is 2.25. The molecule has 1 aromatic heterocycles. The van der Waals surface area contributed by atoms with Gasteiger partial charge in [0.1, 0.15) is 11.5 Å². The molecule has 9 nitrogen and oxygen atoms in total. The summed E-state index contributed by atoms with van der Waals surface area (Å²) in [6.07, 6.45) is 4.30. The lowest BCUT2D eigenvalue weighted by Gasteiger charge is -2.23. The van der Waals surface area contributed by atoms with E-state index in [1.54, 1.807) is 43.3 Å². The molecule has 0 spiro atoms. The van der Waals surface area contributed by atoms with Gasteiger partial charge in [0.2, 0.25) is 11.8 Å². The largest absolute Gasteiger partial charge is 0.495 e. The van der Waals surface area contributed by atoms with Crippen LogP contribution in [0.4, 0.5) is 11.4 Å². The van der Waals surface area contributed by atoms with Gasteiger partial charge >= 0.3 is 0 Å². The number of nitrogens with one attached hydrogen (secondary N) is 2. The molecule has 184 valence electrons. The molecule has 0 atom stereocenters. The Hall–Kier alpha value is -4.05. The summed E-state index contributed by atoms with van der Waals surface area (Å²) in [5, 5.41) is 5.27. The van der Waals surface area contributed by atoms with Crippen LogP contribution >= 0.6 is 0 Å². The van der Waals surface area contributed by atoms with Gasteiger partial charge in [-0.25, -0.2) is 8.42 Å². The molecular formula is C25H27N3O6S. The van der Waals surface area contributed by atoms with E-state index in [0.717, 1.165) is 0 Å². The van der Waals surface area contributed by atoms with Gasteiger partial charge in [0.15, 0.2) is 0 Å². The highest BCUT2D eigenvalue weighted by molar-refractivity contribution is 7.92. The lowest BCUT2D eigenvalue weighted by atomic mass is 10.2. The molecule has 0 aliphatic heterocycles. The maximum absolute atomic E-state index is 13.3. The fourth-order valence-corrected chi connectivity index (χ4v) is 4.77. The number of rotatable bonds is 11. The molecule has 3 aromatic rings. The number of furan rings is 1. The van der Waals surface area contributed by atoms with Gasteiger partial charge in [0, 0.05) is 25.6 Å². The van der Waals surface area contributed by atoms with Crippen LogP contribution in [0.3, 0.4) is 0 Å². The number of carbonyl (C=O) groups excluding carboxylic acids is 2. The second-order valence-electron chi connectivity index (χ2n) is 7.31. The Morgan fingerprint density at radius 3 is 2.51 bits per heavy atom. The SMILES string of the molecule is CCN(c1ccccc1)S(=O)(=O)c1ccc(OC)c(NC(=O)CCNC(=O)/C=C/c2ccco2)c1. The van der Waals surface area contributed by atoms with Crippen LogP contribution in [0.5, 0.6) is 5.75 Å². The number of benzene rings is 2. The molecule has 0 bridgehead atoms. The predicted molar refractivity (Wildman–Crippen MR) is 134 cm³/mol. The maximum atomic E-state index is 13.3. The minimum Gasteiger partial charge on any atom is -0.495 e. The average Bonchev–Trinajstić information content (AvgIpc) is 3.37. The van der Waals surface area contributed by atoms with Gasteiger partial charge in [-0.2, -0.15) is 0 Å². The molecule has 0 saturated carbocycles. The van der Waals surface area contributed by atoms with Crippen molar-refractivity contribution in [2.75, 3.05) is 29.8 Å². The molecule has 3 rings (SSSR count). The Bertz CT molecular complexity index is 1270. The second kappa shape index (κ2) is 11.9. The number of ether oxygens (including phenoxy) is 1. The summed E-state index contributed by atoms with van der Waals surface area (Å²) in [7, 11) is -2.46. The first kappa shape index (κ1) is 25.6. The maximum Gasteiger partial charge on any atom is 0.264 e. The molecule has 0 radical (unpaired) electrons. The van der Waals surface area contributed by atoms with E-state index in [2.05, 4.69) is 10.6 Å². The lowest BCUT2D eigenvalue weighted by Crippen LogP contribution is -2.31. The van der Waals surface area contributed by atoms with Crippen LogP contribution < -0.4 is 19.7 Å². The number of sulfonamides is 1. The van der Waals surface area contributed by atoms with Crippen LogP contribution in [-0.4, -0.2) is 40.4 Å². The summed E-state index contributed by atoms with van der Waals surface area (Å²) in [4.78, 5) is 24.4. The molecule has 10 heteroatoms. The molecule has 0 fully saturated rings. The standard InChI is InChI=1S/C25H27N3O6S/c1-3-28(19-8-5-4-6-9-19)35(31,32)21-12-13-23(33-2)22(18-21)27-25(30)15-16-26-24(29)14-11-20-10-7-17-34-20/h4-14,17-18H,3,15-16H2,1-2H3,(H,26,29)(H,27,30)/b14-11+. The number of hydrogen-bond donors (Lipinski definition) is 2. The predicted octanol–water partition coefficient (Wildman–Crippen LogP) is 3.66. The van der Waals surface area contributed by atoms with Gasteiger partial charge < -0.3 is 19.8 Å². The van der Waals surface area contributed by atoms with Crippen LogP contribution in [0.2, 0.25) is 0 Å². The summed E-state index contributed by atoms with van der Waals surface area (Å²) < 4.78 is 38.3. The number of anilines is 2. The zero-order valence-electron chi connectivity index (χ0n) is 19.4. The first-order valence-corrected chi connectivity index (χ1v) is 12.3. The number of hydrogen-bond acceptors (Lipinski definition) is 6. The van der Waals surface area contributed by atoms with Crippen molar-refractivity contribution in [1.29, 1.82) is 0 Å². The molecular weight excluding hydrogens is 470 g/mol. The van der Waals surface area contributed by atoms with E-state index >= 15 is 0 Å². The van der Waals surface area contributed by atoms with E-state index in [-0.39, 0.29) is 36.0 Å². The summed E-state index contributed by atoms with van der Waals surface area (Å²) in [5.74, 6) is 0.0585. The van der Waals surface area contributed by atoms with Crippen LogP contribution in [0, 0.1) is 0 Å². The molecule has 2 aromatic carbocycles. The Balaban J connectivity index is 1.67. The molecule has 2 amide bonds. The van der Waals surface area contributed by atoms with Crippen molar-refractivity contribution in [2.45, 2.75) is 18.2 Å². The minimum absolute atomic E-state index is 0.00988. The third kappa shape index (κ3) is 6.73. The van der Waals surface area contributed by atoms with Crippen molar-refractivity contribution < 1.29 is 27.2 Å². The van der Waals surface area contributed by atoms with Gasteiger partial charge in [-0.3, -0.25) is 13.9 Å². The van der Waals surface area contributed by atoms with E-state index in [9.17, 15) is 18.0 Å². The van der Waals surface area contributed by atoms with Crippen molar-refractivity contribution >= 4 is 39.3 Å². The Kier molecular flexibility index (Phi) is 8.69. The molecule has 2 N–H and O–H groups in total. The van der Waals surface area contributed by atoms with Gasteiger partial charge in [0.25, 0.3) is 10.0 Å². The van der Waals surface area contributed by atoms with Gasteiger partial charge in [0.05, 0.1) is 29.6 Å². The molecule has 0 unspecified atom stereocenters. The van der Waals surface area contributed by atoms with Crippen LogP contribution in [0.25, 0.3) is 6.08 Å². The summed E-state index contributed by atoms with van der Waals surface area (Å²) >= 11 is 0. The quantitative estimate of drug-likeness (QED) is 0.391. The molecule has 35 heavy (non-hydrogen) atoms. The molecule has 1 heterocycles. The normalized spacial score (nSPS) is 11.3. The highest BCUT2D eigenvalue weighted by atomic mass is 32.2. The summed E-state index contributed by atoms with van der Waals surface area (Å²) in [5.41, 5.74) is 0.750. The van der Waals surface area contributed by atoms with Gasteiger partial charge in [-0.1, -0.05) is 18.2 Å². The fraction of sp³-hybridized carbons (Fsp3) is 0.200. The topological polar surface area (TPSA) is 118 Å². The van der Waals surface area contributed by atoms with Gasteiger partial charge in [-0.05, 0) is 55.5 Å². The Labute approximate surface area is 204 Å². The van der Waals surface area contributed by atoms with Crippen molar-refractivity contribution in [3.63, 3.8) is 0 Å². The summed E-state index contributed by atoms with van der Waals surface area (Å²) in [6.45, 7) is 2.06. The highest BCUT2D eigenvalue weighted by Crippen LogP contribution is 2.30. The average molecular weight is 498 g/mol. The van der Waals surface area contributed by atoms with Crippen molar-refractivity contribution in [1.82, 2.24) is 5.32 Å². The number of para-hydroxylation sites is 1. The van der Waals surface area contributed by atoms with E-state index in [1.807, 2.05) is 6.07 Å². The fourth-order valence-electron chi connectivity index (χ4n) is 3.27. The number of amides is 2. The monoisotopic (exact) mass is 497 g/mol. The van der Waals surface area contributed by atoms with Gasteiger partial charge in [-0.15, -0.1) is 0 Å². The minimum atomic E-state index is -3.89. The number of nitrogens with zero attached hydrogens (tertiary/aromatic N) is 1. The van der Waals surface area contributed by atoms with E-state index in [4.69, 9.17) is 9.15 Å². The second-order valence-corrected chi connectivity index (χ2v) is 9.17. The smallest absolute Gasteiger partial charge is 0.264 e. The molecule has 0 saturated heterocycles. The van der Waals surface area contributed by atoms with Crippen LogP contribution in [-0.2, 0) is 19.6 Å². The molecule has 0 aliphatic rings. The first-order chi connectivity index (χ1) is 16.8. The van der Waals surface area contributed by atoms with E-state index in [0.29, 0.717) is 17.2 Å². The number of methoxy groups -OCH3 is 1. The third-order valence-electron chi connectivity index (χ3n) is 4.96. The first-order valence-electron chi connectivity index (χ1n) is 10.9. The number of carbonyl (C=O) groups is 2. The van der Waals surface area contributed by atoms with Crippen molar-refractivity contribution in [2.24, 2.45) is 0 Å². The van der Waals surface area contributed by atoms with E-state index < -0.39 is 15.9 Å². The zero-order chi connectivity index (χ0) is 25.3. The zero-order valence-corrected chi connectivity index (χ0v) is 20.2.